The van der Waals surface area contributed by atoms with Gasteiger partial charge in [-0.05, 0) is 48.4 Å². The Kier molecular flexibility index (Phi) is 5.30. The average Bonchev–Trinajstić information content (AvgIpc) is 2.88. The lowest BCUT2D eigenvalue weighted by Crippen LogP contribution is -2.22. The van der Waals surface area contributed by atoms with Crippen molar-refractivity contribution in [2.24, 2.45) is 5.92 Å². The molecule has 0 aromatic heterocycles. The number of aryl methyl sites for hydroxylation is 1. The van der Waals surface area contributed by atoms with Crippen LogP contribution in [0.15, 0.2) is 55.1 Å². The first-order valence-electron chi connectivity index (χ1n) is 9.03. The zero-order valence-electron chi connectivity index (χ0n) is 14.5. The highest BCUT2D eigenvalue weighted by atomic mass is 16.1. The predicted molar refractivity (Wildman–Crippen MR) is 101 cm³/mol. The summed E-state index contributed by atoms with van der Waals surface area (Å²) in [5, 5.41) is 0. The Hall–Kier alpha value is -2.15. The standard InChI is InChI=1S/C23H26O/c1-3-18-16-20(15-14-17(18)2)23(24)22-13-9-5-8-12-21(22)19-10-6-4-7-11-19/h3-4,6-7,10-11,14-16,21-22H,1,5,8-9,12-13H2,2H3. The number of hydrogen-bond acceptors (Lipinski definition) is 1. The molecule has 1 nitrogen and oxygen atoms in total. The molecule has 2 unspecified atom stereocenters. The molecule has 124 valence electrons. The van der Waals surface area contributed by atoms with Crippen molar-refractivity contribution in [2.45, 2.75) is 44.9 Å². The molecule has 3 rings (SSSR count). The van der Waals surface area contributed by atoms with Crippen molar-refractivity contribution in [3.8, 4) is 0 Å². The van der Waals surface area contributed by atoms with E-state index in [1.165, 1.54) is 24.0 Å². The van der Waals surface area contributed by atoms with Crippen molar-refractivity contribution in [2.75, 3.05) is 0 Å². The topological polar surface area (TPSA) is 17.1 Å². The van der Waals surface area contributed by atoms with Gasteiger partial charge in [0.25, 0.3) is 0 Å². The van der Waals surface area contributed by atoms with Crippen LogP contribution >= 0.6 is 0 Å². The second-order valence-corrected chi connectivity index (χ2v) is 6.90. The van der Waals surface area contributed by atoms with E-state index in [1.54, 1.807) is 0 Å². The number of ketones is 1. The second kappa shape index (κ2) is 7.61. The molecule has 0 radical (unpaired) electrons. The number of carbonyl (C=O) groups is 1. The molecule has 1 heteroatoms. The number of hydrogen-bond donors (Lipinski definition) is 0. The summed E-state index contributed by atoms with van der Waals surface area (Å²) in [6.07, 6.45) is 7.55. The first-order chi connectivity index (χ1) is 11.7. The van der Waals surface area contributed by atoms with Crippen molar-refractivity contribution in [1.29, 1.82) is 0 Å². The Morgan fingerprint density at radius 3 is 2.54 bits per heavy atom. The van der Waals surface area contributed by atoms with Gasteiger partial charge in [-0.25, -0.2) is 0 Å². The van der Waals surface area contributed by atoms with Crippen molar-refractivity contribution < 1.29 is 4.79 Å². The second-order valence-electron chi connectivity index (χ2n) is 6.90. The van der Waals surface area contributed by atoms with Gasteiger partial charge in [-0.3, -0.25) is 4.79 Å². The minimum atomic E-state index is 0.0928. The molecule has 0 N–H and O–H groups in total. The lowest BCUT2D eigenvalue weighted by molar-refractivity contribution is 0.0892. The van der Waals surface area contributed by atoms with Crippen LogP contribution in [-0.4, -0.2) is 5.78 Å². The van der Waals surface area contributed by atoms with Crippen LogP contribution in [0.3, 0.4) is 0 Å². The van der Waals surface area contributed by atoms with Gasteiger partial charge in [0, 0.05) is 11.5 Å². The third-order valence-electron chi connectivity index (χ3n) is 5.36. The van der Waals surface area contributed by atoms with Gasteiger partial charge in [0.2, 0.25) is 0 Å². The molecule has 1 aliphatic rings. The third-order valence-corrected chi connectivity index (χ3v) is 5.36. The zero-order valence-corrected chi connectivity index (χ0v) is 14.5. The van der Waals surface area contributed by atoms with E-state index >= 15 is 0 Å². The summed E-state index contributed by atoms with van der Waals surface area (Å²) in [4.78, 5) is 13.3. The summed E-state index contributed by atoms with van der Waals surface area (Å²) < 4.78 is 0. The van der Waals surface area contributed by atoms with Crippen LogP contribution in [0.1, 0.15) is 65.1 Å². The fraction of sp³-hybridized carbons (Fsp3) is 0.348. The highest BCUT2D eigenvalue weighted by Crippen LogP contribution is 2.38. The summed E-state index contributed by atoms with van der Waals surface area (Å²) in [6.45, 7) is 5.93. The van der Waals surface area contributed by atoms with Crippen LogP contribution in [0.5, 0.6) is 0 Å². The number of benzene rings is 2. The maximum atomic E-state index is 13.3. The molecule has 2 atom stereocenters. The Balaban J connectivity index is 1.94. The molecule has 1 aliphatic carbocycles. The number of Topliss-reactive ketones (excluding diaryl/α,β-unsaturated/α-hetero) is 1. The van der Waals surface area contributed by atoms with Crippen LogP contribution in [0.25, 0.3) is 6.08 Å². The van der Waals surface area contributed by atoms with Crippen LogP contribution in [0, 0.1) is 12.8 Å². The SMILES string of the molecule is C=Cc1cc(C(=O)C2CCCCCC2c2ccccc2)ccc1C. The third kappa shape index (κ3) is 3.51. The molecule has 0 saturated heterocycles. The highest BCUT2D eigenvalue weighted by molar-refractivity contribution is 5.99. The minimum Gasteiger partial charge on any atom is -0.294 e. The highest BCUT2D eigenvalue weighted by Gasteiger charge is 2.31. The fourth-order valence-corrected chi connectivity index (χ4v) is 3.95. The van der Waals surface area contributed by atoms with Gasteiger partial charge < -0.3 is 0 Å². The van der Waals surface area contributed by atoms with Crippen LogP contribution < -0.4 is 0 Å². The fourth-order valence-electron chi connectivity index (χ4n) is 3.95. The van der Waals surface area contributed by atoms with E-state index < -0.39 is 0 Å². The molecule has 1 fully saturated rings. The minimum absolute atomic E-state index is 0.0928. The maximum absolute atomic E-state index is 13.3. The van der Waals surface area contributed by atoms with E-state index in [4.69, 9.17) is 0 Å². The summed E-state index contributed by atoms with van der Waals surface area (Å²) in [5.41, 5.74) is 4.38. The molecule has 0 spiro atoms. The molecule has 1 saturated carbocycles. The molecule has 0 aliphatic heterocycles. The van der Waals surface area contributed by atoms with Crippen molar-refractivity contribution in [3.63, 3.8) is 0 Å². The number of carbonyl (C=O) groups excluding carboxylic acids is 1. The van der Waals surface area contributed by atoms with Crippen LogP contribution in [0.4, 0.5) is 0 Å². The lowest BCUT2D eigenvalue weighted by Gasteiger charge is -2.25. The number of rotatable bonds is 4. The summed E-state index contributed by atoms with van der Waals surface area (Å²) in [5.74, 6) is 0.735. The monoisotopic (exact) mass is 318 g/mol. The summed E-state index contributed by atoms with van der Waals surface area (Å²) in [6, 6.07) is 16.6. The van der Waals surface area contributed by atoms with Gasteiger partial charge in [0.1, 0.15) is 0 Å². The van der Waals surface area contributed by atoms with E-state index in [1.807, 2.05) is 30.3 Å². The molecule has 0 bridgehead atoms. The van der Waals surface area contributed by atoms with Crippen molar-refractivity contribution in [1.82, 2.24) is 0 Å². The first-order valence-corrected chi connectivity index (χ1v) is 9.03. The van der Waals surface area contributed by atoms with Gasteiger partial charge in [-0.1, -0.05) is 74.4 Å². The van der Waals surface area contributed by atoms with Crippen LogP contribution in [-0.2, 0) is 0 Å². The normalized spacial score (nSPS) is 21.0. The molecule has 2 aromatic carbocycles. The molecule has 0 amide bonds. The van der Waals surface area contributed by atoms with E-state index in [2.05, 4.69) is 37.8 Å². The molecular weight excluding hydrogens is 292 g/mol. The Bertz CT molecular complexity index is 714. The Labute approximate surface area is 145 Å². The van der Waals surface area contributed by atoms with E-state index in [9.17, 15) is 4.79 Å². The van der Waals surface area contributed by atoms with Gasteiger partial charge in [-0.15, -0.1) is 0 Å². The summed E-state index contributed by atoms with van der Waals surface area (Å²) in [7, 11) is 0. The van der Waals surface area contributed by atoms with Gasteiger partial charge in [0.15, 0.2) is 5.78 Å². The van der Waals surface area contributed by atoms with Crippen LogP contribution in [0.2, 0.25) is 0 Å². The average molecular weight is 318 g/mol. The molecule has 0 heterocycles. The zero-order chi connectivity index (χ0) is 16.9. The van der Waals surface area contributed by atoms with Gasteiger partial charge in [-0.2, -0.15) is 0 Å². The smallest absolute Gasteiger partial charge is 0.166 e. The Morgan fingerprint density at radius 1 is 1.04 bits per heavy atom. The maximum Gasteiger partial charge on any atom is 0.166 e. The van der Waals surface area contributed by atoms with E-state index in [0.29, 0.717) is 11.7 Å². The van der Waals surface area contributed by atoms with E-state index in [-0.39, 0.29) is 5.92 Å². The van der Waals surface area contributed by atoms with E-state index in [0.717, 1.165) is 30.4 Å². The predicted octanol–water partition coefficient (Wildman–Crippen LogP) is 6.18. The molecule has 2 aromatic rings. The Morgan fingerprint density at radius 2 is 1.79 bits per heavy atom. The molecule has 24 heavy (non-hydrogen) atoms. The largest absolute Gasteiger partial charge is 0.294 e. The van der Waals surface area contributed by atoms with Crippen molar-refractivity contribution >= 4 is 11.9 Å². The summed E-state index contributed by atoms with van der Waals surface area (Å²) >= 11 is 0. The lowest BCUT2D eigenvalue weighted by atomic mass is 9.78. The first kappa shape index (κ1) is 16.7. The molecular formula is C23H26O. The quantitative estimate of drug-likeness (QED) is 0.485. The van der Waals surface area contributed by atoms with Crippen molar-refractivity contribution in [3.05, 3.63) is 77.4 Å². The van der Waals surface area contributed by atoms with Gasteiger partial charge >= 0.3 is 0 Å². The van der Waals surface area contributed by atoms with Gasteiger partial charge in [0.05, 0.1) is 0 Å².